The number of aryl methyl sites for hydroxylation is 1. The second kappa shape index (κ2) is 4.76. The molecule has 100 valence electrons. The second-order valence-corrected chi connectivity index (χ2v) is 5.41. The highest BCUT2D eigenvalue weighted by atomic mass is 16.2. The summed E-state index contributed by atoms with van der Waals surface area (Å²) in [5.41, 5.74) is 8.33. The van der Waals surface area contributed by atoms with Crippen molar-refractivity contribution >= 4 is 5.91 Å². The van der Waals surface area contributed by atoms with Crippen molar-refractivity contribution in [2.75, 3.05) is 6.54 Å². The minimum absolute atomic E-state index is 0.0971. The van der Waals surface area contributed by atoms with Gasteiger partial charge >= 0.3 is 0 Å². The lowest BCUT2D eigenvalue weighted by molar-refractivity contribution is -0.138. The number of nitrogens with zero attached hydrogens (tertiary/aromatic N) is 2. The molecular formula is C14H23N3O. The molecule has 3 atom stereocenters. The van der Waals surface area contributed by atoms with E-state index in [1.54, 1.807) is 0 Å². The lowest BCUT2D eigenvalue weighted by Crippen LogP contribution is -2.46. The first-order chi connectivity index (χ1) is 8.43. The zero-order chi connectivity index (χ0) is 13.4. The van der Waals surface area contributed by atoms with Gasteiger partial charge in [0, 0.05) is 30.5 Å². The van der Waals surface area contributed by atoms with E-state index in [-0.39, 0.29) is 23.9 Å². The molecule has 0 fully saturated rings. The Labute approximate surface area is 109 Å². The van der Waals surface area contributed by atoms with E-state index in [1.165, 1.54) is 11.4 Å². The number of hydrogen-bond acceptors (Lipinski definition) is 2. The number of hydrogen-bond donors (Lipinski definition) is 1. The van der Waals surface area contributed by atoms with E-state index in [1.807, 2.05) is 18.7 Å². The monoisotopic (exact) mass is 249 g/mol. The smallest absolute Gasteiger partial charge is 0.227 e. The van der Waals surface area contributed by atoms with Gasteiger partial charge in [-0.3, -0.25) is 4.79 Å². The molecule has 2 N–H and O–H groups in total. The molecule has 2 heterocycles. The number of nitrogens with two attached hydrogens (primary N) is 1. The molecule has 0 saturated heterocycles. The number of carbonyl (C=O) groups excluding carboxylic acids is 1. The van der Waals surface area contributed by atoms with Gasteiger partial charge in [-0.05, 0) is 32.9 Å². The van der Waals surface area contributed by atoms with Crippen LogP contribution >= 0.6 is 0 Å². The van der Waals surface area contributed by atoms with Crippen molar-refractivity contribution in [1.82, 2.24) is 9.47 Å². The summed E-state index contributed by atoms with van der Waals surface area (Å²) in [6, 6.07) is 4.28. The van der Waals surface area contributed by atoms with Gasteiger partial charge in [0.05, 0.1) is 12.0 Å². The van der Waals surface area contributed by atoms with Gasteiger partial charge in [0.25, 0.3) is 0 Å². The van der Waals surface area contributed by atoms with Gasteiger partial charge in [0.1, 0.15) is 0 Å². The average Bonchev–Trinajstić information content (AvgIpc) is 2.71. The zero-order valence-corrected chi connectivity index (χ0v) is 11.7. The molecule has 2 rings (SSSR count). The van der Waals surface area contributed by atoms with Crippen molar-refractivity contribution in [2.45, 2.75) is 46.3 Å². The molecular weight excluding hydrogens is 226 g/mol. The van der Waals surface area contributed by atoms with E-state index in [0.29, 0.717) is 0 Å². The summed E-state index contributed by atoms with van der Waals surface area (Å²) in [5, 5.41) is 0. The molecule has 1 aliphatic heterocycles. The molecule has 4 nitrogen and oxygen atoms in total. The van der Waals surface area contributed by atoms with Crippen LogP contribution in [-0.4, -0.2) is 28.0 Å². The third-order valence-electron chi connectivity index (χ3n) is 4.15. The largest absolute Gasteiger partial charge is 0.345 e. The predicted octanol–water partition coefficient (Wildman–Crippen LogP) is 1.68. The van der Waals surface area contributed by atoms with Gasteiger partial charge in [0.2, 0.25) is 5.91 Å². The summed E-state index contributed by atoms with van der Waals surface area (Å²) in [7, 11) is 0. The molecule has 0 aliphatic carbocycles. The fourth-order valence-electron chi connectivity index (χ4n) is 2.61. The summed E-state index contributed by atoms with van der Waals surface area (Å²) >= 11 is 0. The van der Waals surface area contributed by atoms with E-state index < -0.39 is 0 Å². The van der Waals surface area contributed by atoms with Gasteiger partial charge in [-0.25, -0.2) is 0 Å². The van der Waals surface area contributed by atoms with Crippen LogP contribution in [-0.2, 0) is 11.3 Å². The summed E-state index contributed by atoms with van der Waals surface area (Å²) in [6.45, 7) is 9.67. The third-order valence-corrected chi connectivity index (χ3v) is 4.15. The Morgan fingerprint density at radius 3 is 2.67 bits per heavy atom. The van der Waals surface area contributed by atoms with Crippen LogP contribution in [0.5, 0.6) is 0 Å². The average molecular weight is 249 g/mol. The first kappa shape index (κ1) is 13.1. The number of amides is 1. The van der Waals surface area contributed by atoms with Crippen molar-refractivity contribution in [1.29, 1.82) is 0 Å². The fourth-order valence-corrected chi connectivity index (χ4v) is 2.61. The molecule has 4 heteroatoms. The highest BCUT2D eigenvalue weighted by Crippen LogP contribution is 2.28. The molecule has 18 heavy (non-hydrogen) atoms. The molecule has 0 radical (unpaired) electrons. The van der Waals surface area contributed by atoms with Crippen molar-refractivity contribution in [2.24, 2.45) is 11.7 Å². The van der Waals surface area contributed by atoms with Crippen LogP contribution in [0.2, 0.25) is 0 Å². The van der Waals surface area contributed by atoms with Crippen LogP contribution in [0.3, 0.4) is 0 Å². The van der Waals surface area contributed by atoms with Gasteiger partial charge in [-0.2, -0.15) is 0 Å². The molecule has 1 aromatic heterocycles. The van der Waals surface area contributed by atoms with Crippen LogP contribution in [0.25, 0.3) is 0 Å². The summed E-state index contributed by atoms with van der Waals surface area (Å²) in [5.74, 6) is 0.0534. The van der Waals surface area contributed by atoms with Crippen molar-refractivity contribution in [3.8, 4) is 0 Å². The van der Waals surface area contributed by atoms with Gasteiger partial charge < -0.3 is 15.2 Å². The van der Waals surface area contributed by atoms with Gasteiger partial charge in [0.15, 0.2) is 0 Å². The second-order valence-electron chi connectivity index (χ2n) is 5.41. The first-order valence-electron chi connectivity index (χ1n) is 6.65. The van der Waals surface area contributed by atoms with E-state index in [2.05, 4.69) is 30.5 Å². The van der Waals surface area contributed by atoms with Crippen LogP contribution in [0.1, 0.15) is 38.2 Å². The number of aromatic nitrogens is 1. The summed E-state index contributed by atoms with van der Waals surface area (Å²) in [6.07, 6.45) is 0. The number of rotatable bonds is 2. The minimum Gasteiger partial charge on any atom is -0.345 e. The maximum Gasteiger partial charge on any atom is 0.227 e. The topological polar surface area (TPSA) is 51.3 Å². The SMILES string of the molecule is Cc1ccc2n1CCN(C(=O)C(C)C(C)N)C2C. The van der Waals surface area contributed by atoms with Gasteiger partial charge in [-0.15, -0.1) is 0 Å². The minimum atomic E-state index is -0.116. The van der Waals surface area contributed by atoms with E-state index in [4.69, 9.17) is 5.73 Å². The molecule has 0 aromatic carbocycles. The molecule has 0 saturated carbocycles. The predicted molar refractivity (Wildman–Crippen MR) is 72.1 cm³/mol. The lowest BCUT2D eigenvalue weighted by Gasteiger charge is -2.37. The molecule has 0 spiro atoms. The van der Waals surface area contributed by atoms with Crippen molar-refractivity contribution < 1.29 is 4.79 Å². The van der Waals surface area contributed by atoms with Crippen molar-refractivity contribution in [3.63, 3.8) is 0 Å². The highest BCUT2D eigenvalue weighted by molar-refractivity contribution is 5.79. The van der Waals surface area contributed by atoms with E-state index in [0.717, 1.165) is 13.1 Å². The maximum atomic E-state index is 12.4. The van der Waals surface area contributed by atoms with Gasteiger partial charge in [-0.1, -0.05) is 6.92 Å². The standard InChI is InChI=1S/C14H23N3O/c1-9-5-6-13-12(4)17(8-7-16(9)13)14(18)10(2)11(3)15/h5-6,10-12H,7-8,15H2,1-4H3. The summed E-state index contributed by atoms with van der Waals surface area (Å²) < 4.78 is 2.30. The Kier molecular flexibility index (Phi) is 3.48. The molecule has 0 bridgehead atoms. The normalized spacial score (nSPS) is 22.5. The Hall–Kier alpha value is -1.29. The van der Waals surface area contributed by atoms with E-state index >= 15 is 0 Å². The lowest BCUT2D eigenvalue weighted by atomic mass is 10.0. The number of carbonyl (C=O) groups is 1. The Morgan fingerprint density at radius 1 is 1.39 bits per heavy atom. The highest BCUT2D eigenvalue weighted by Gasteiger charge is 2.31. The Bertz CT molecular complexity index is 450. The molecule has 1 aliphatic rings. The van der Waals surface area contributed by atoms with E-state index in [9.17, 15) is 4.79 Å². The molecule has 1 amide bonds. The van der Waals surface area contributed by atoms with Crippen LogP contribution in [0.4, 0.5) is 0 Å². The molecule has 3 unspecified atom stereocenters. The Balaban J connectivity index is 2.21. The van der Waals surface area contributed by atoms with Crippen LogP contribution in [0.15, 0.2) is 12.1 Å². The Morgan fingerprint density at radius 2 is 2.06 bits per heavy atom. The quantitative estimate of drug-likeness (QED) is 0.867. The van der Waals surface area contributed by atoms with Crippen molar-refractivity contribution in [3.05, 3.63) is 23.5 Å². The first-order valence-corrected chi connectivity index (χ1v) is 6.65. The third kappa shape index (κ3) is 2.05. The number of fused-ring (bicyclic) bond motifs is 1. The fraction of sp³-hybridized carbons (Fsp3) is 0.643. The summed E-state index contributed by atoms with van der Waals surface area (Å²) in [4.78, 5) is 14.4. The molecule has 1 aromatic rings. The van der Waals surface area contributed by atoms with Crippen LogP contribution in [0, 0.1) is 12.8 Å². The maximum absolute atomic E-state index is 12.4. The van der Waals surface area contributed by atoms with Crippen LogP contribution < -0.4 is 5.73 Å². The zero-order valence-electron chi connectivity index (χ0n) is 11.7.